The number of aromatic nitrogens is 1. The first kappa shape index (κ1) is 17.0. The van der Waals surface area contributed by atoms with Crippen molar-refractivity contribution in [2.75, 3.05) is 14.2 Å². The zero-order valence-corrected chi connectivity index (χ0v) is 14.9. The molecule has 0 atom stereocenters. The maximum atomic E-state index is 12.5. The summed E-state index contributed by atoms with van der Waals surface area (Å²) in [4.78, 5) is 24.2. The number of aryl methyl sites for hydroxylation is 1. The van der Waals surface area contributed by atoms with Gasteiger partial charge in [-0.05, 0) is 35.9 Å². The van der Waals surface area contributed by atoms with Crippen molar-refractivity contribution in [3.05, 3.63) is 63.3 Å². The van der Waals surface area contributed by atoms with Crippen molar-refractivity contribution in [1.29, 1.82) is 0 Å². The third kappa shape index (κ3) is 3.34. The number of fused-ring (bicyclic) bond motifs is 1. The van der Waals surface area contributed by atoms with Crippen LogP contribution in [0.3, 0.4) is 0 Å². The second-order valence-corrected chi connectivity index (χ2v) is 6.41. The van der Waals surface area contributed by atoms with Gasteiger partial charge >= 0.3 is 4.87 Å². The second-order valence-electron chi connectivity index (χ2n) is 5.42. The van der Waals surface area contributed by atoms with Crippen LogP contribution in [-0.2, 0) is 7.05 Å². The molecule has 1 aromatic heterocycles. The molecular formula is C19H17NO4S. The largest absolute Gasteiger partial charge is 0.497 e. The van der Waals surface area contributed by atoms with Gasteiger partial charge in [0.15, 0.2) is 5.78 Å². The Bertz CT molecular complexity index is 1030. The number of benzene rings is 2. The zero-order chi connectivity index (χ0) is 18.0. The fourth-order valence-electron chi connectivity index (χ4n) is 2.52. The molecule has 0 bridgehead atoms. The number of ketones is 1. The number of nitrogens with zero attached hydrogens (tertiary/aromatic N) is 1. The van der Waals surface area contributed by atoms with Crippen LogP contribution in [0.1, 0.15) is 15.9 Å². The van der Waals surface area contributed by atoms with Gasteiger partial charge in [0.05, 0.1) is 30.0 Å². The van der Waals surface area contributed by atoms with Gasteiger partial charge in [-0.15, -0.1) is 0 Å². The number of carbonyl (C=O) groups is 1. The Balaban J connectivity index is 1.89. The number of methoxy groups -OCH3 is 2. The van der Waals surface area contributed by atoms with Crippen molar-refractivity contribution in [3.63, 3.8) is 0 Å². The molecule has 0 radical (unpaired) electrons. The van der Waals surface area contributed by atoms with E-state index in [1.165, 1.54) is 24.5 Å². The summed E-state index contributed by atoms with van der Waals surface area (Å²) in [7, 11) is 4.82. The van der Waals surface area contributed by atoms with Crippen LogP contribution in [0.2, 0.25) is 0 Å². The van der Waals surface area contributed by atoms with Crippen LogP contribution in [0.25, 0.3) is 16.3 Å². The average Bonchev–Trinajstić information content (AvgIpc) is 2.92. The van der Waals surface area contributed by atoms with Gasteiger partial charge in [0, 0.05) is 13.1 Å². The first-order valence-corrected chi connectivity index (χ1v) is 8.39. The number of carbonyl (C=O) groups excluding carboxylic acids is 1. The SMILES string of the molecule is COc1ccc(C(=O)/C=C/c2ccc3c(c2)sc(=O)n3C)c(OC)c1. The van der Waals surface area contributed by atoms with Crippen molar-refractivity contribution >= 4 is 33.4 Å². The number of ether oxygens (including phenoxy) is 2. The zero-order valence-electron chi connectivity index (χ0n) is 14.1. The minimum atomic E-state index is -0.166. The number of allylic oxidation sites excluding steroid dienone is 1. The highest BCUT2D eigenvalue weighted by Crippen LogP contribution is 2.25. The Morgan fingerprint density at radius 2 is 1.92 bits per heavy atom. The van der Waals surface area contributed by atoms with Crippen molar-refractivity contribution in [2.45, 2.75) is 0 Å². The molecule has 0 saturated heterocycles. The smallest absolute Gasteiger partial charge is 0.307 e. The molecule has 2 aromatic carbocycles. The van der Waals surface area contributed by atoms with Crippen LogP contribution >= 0.6 is 11.3 Å². The van der Waals surface area contributed by atoms with Crippen molar-refractivity contribution in [3.8, 4) is 11.5 Å². The topological polar surface area (TPSA) is 57.5 Å². The van der Waals surface area contributed by atoms with E-state index < -0.39 is 0 Å². The van der Waals surface area contributed by atoms with E-state index in [1.54, 1.807) is 43.0 Å². The van der Waals surface area contributed by atoms with Gasteiger partial charge in [-0.1, -0.05) is 23.5 Å². The first-order valence-electron chi connectivity index (χ1n) is 7.57. The monoisotopic (exact) mass is 355 g/mol. The van der Waals surface area contributed by atoms with Gasteiger partial charge in [0.2, 0.25) is 0 Å². The molecule has 6 heteroatoms. The lowest BCUT2D eigenvalue weighted by Crippen LogP contribution is -2.06. The van der Waals surface area contributed by atoms with Gasteiger partial charge in [-0.3, -0.25) is 9.59 Å². The number of thiazole rings is 1. The molecule has 25 heavy (non-hydrogen) atoms. The predicted molar refractivity (Wildman–Crippen MR) is 100.0 cm³/mol. The average molecular weight is 355 g/mol. The quantitative estimate of drug-likeness (QED) is 0.519. The van der Waals surface area contributed by atoms with E-state index in [4.69, 9.17) is 9.47 Å². The molecule has 0 fully saturated rings. The van der Waals surface area contributed by atoms with E-state index in [1.807, 2.05) is 18.2 Å². The van der Waals surface area contributed by atoms with Gasteiger partial charge in [-0.25, -0.2) is 0 Å². The van der Waals surface area contributed by atoms with Gasteiger partial charge in [0.1, 0.15) is 11.5 Å². The summed E-state index contributed by atoms with van der Waals surface area (Å²) in [5.41, 5.74) is 2.20. The summed E-state index contributed by atoms with van der Waals surface area (Å²) in [5.74, 6) is 0.924. The molecule has 0 aliphatic carbocycles. The fourth-order valence-corrected chi connectivity index (χ4v) is 3.45. The number of rotatable bonds is 5. The highest BCUT2D eigenvalue weighted by atomic mass is 32.1. The summed E-state index contributed by atoms with van der Waals surface area (Å²) in [5, 5.41) is 0. The maximum Gasteiger partial charge on any atom is 0.307 e. The van der Waals surface area contributed by atoms with Crippen LogP contribution < -0.4 is 14.3 Å². The van der Waals surface area contributed by atoms with E-state index in [-0.39, 0.29) is 10.7 Å². The summed E-state index contributed by atoms with van der Waals surface area (Å²) in [6, 6.07) is 10.7. The molecule has 1 heterocycles. The number of hydrogen-bond donors (Lipinski definition) is 0. The van der Waals surface area contributed by atoms with Crippen LogP contribution in [0.5, 0.6) is 11.5 Å². The van der Waals surface area contributed by atoms with E-state index in [0.717, 1.165) is 15.8 Å². The third-order valence-corrected chi connectivity index (χ3v) is 4.91. The van der Waals surface area contributed by atoms with Gasteiger partial charge in [-0.2, -0.15) is 0 Å². The molecule has 128 valence electrons. The molecule has 0 N–H and O–H groups in total. The van der Waals surface area contributed by atoms with Gasteiger partial charge in [0.25, 0.3) is 0 Å². The Labute approximate surface area is 148 Å². The predicted octanol–water partition coefficient (Wildman–Crippen LogP) is 3.51. The Kier molecular flexibility index (Phi) is 4.72. The minimum Gasteiger partial charge on any atom is -0.497 e. The normalized spacial score (nSPS) is 11.2. The van der Waals surface area contributed by atoms with E-state index in [9.17, 15) is 9.59 Å². The summed E-state index contributed by atoms with van der Waals surface area (Å²) < 4.78 is 12.9. The van der Waals surface area contributed by atoms with Crippen molar-refractivity contribution < 1.29 is 14.3 Å². The highest BCUT2D eigenvalue weighted by Gasteiger charge is 2.11. The molecule has 5 nitrogen and oxygen atoms in total. The second kappa shape index (κ2) is 6.94. The highest BCUT2D eigenvalue weighted by molar-refractivity contribution is 7.16. The summed E-state index contributed by atoms with van der Waals surface area (Å²) >= 11 is 1.19. The number of hydrogen-bond acceptors (Lipinski definition) is 5. The first-order chi connectivity index (χ1) is 12.0. The molecule has 0 aliphatic heterocycles. The van der Waals surface area contributed by atoms with Crippen LogP contribution in [0.4, 0.5) is 0 Å². The molecule has 0 spiro atoms. The lowest BCUT2D eigenvalue weighted by molar-refractivity contribution is 0.104. The van der Waals surface area contributed by atoms with Crippen LogP contribution in [0, 0.1) is 0 Å². The molecule has 0 unspecified atom stereocenters. The molecular weight excluding hydrogens is 338 g/mol. The van der Waals surface area contributed by atoms with E-state index in [0.29, 0.717) is 17.1 Å². The molecule has 3 aromatic rings. The Morgan fingerprint density at radius 1 is 1.12 bits per heavy atom. The summed E-state index contributed by atoms with van der Waals surface area (Å²) in [6.45, 7) is 0. The van der Waals surface area contributed by atoms with Crippen LogP contribution in [0.15, 0.2) is 47.3 Å². The minimum absolute atomic E-state index is 0.00447. The van der Waals surface area contributed by atoms with E-state index >= 15 is 0 Å². The lowest BCUT2D eigenvalue weighted by atomic mass is 10.1. The van der Waals surface area contributed by atoms with E-state index in [2.05, 4.69) is 0 Å². The van der Waals surface area contributed by atoms with Gasteiger partial charge < -0.3 is 14.0 Å². The molecule has 0 amide bonds. The van der Waals surface area contributed by atoms with Crippen molar-refractivity contribution in [1.82, 2.24) is 4.57 Å². The fraction of sp³-hybridized carbons (Fsp3) is 0.158. The Hall–Kier alpha value is -2.86. The summed E-state index contributed by atoms with van der Waals surface area (Å²) in [6.07, 6.45) is 3.23. The van der Waals surface area contributed by atoms with Crippen molar-refractivity contribution in [2.24, 2.45) is 7.05 Å². The standard InChI is InChI=1S/C19H17NO4S/c1-20-15-8-4-12(10-18(15)25-19(20)22)5-9-16(21)14-7-6-13(23-2)11-17(14)24-3/h4-11H,1-3H3/b9-5+. The van der Waals surface area contributed by atoms with Crippen LogP contribution in [-0.4, -0.2) is 24.6 Å². The third-order valence-electron chi connectivity index (χ3n) is 3.92. The Morgan fingerprint density at radius 3 is 2.64 bits per heavy atom. The molecule has 0 aliphatic rings. The lowest BCUT2D eigenvalue weighted by Gasteiger charge is -2.07. The maximum absolute atomic E-state index is 12.5. The molecule has 0 saturated carbocycles. The molecule has 3 rings (SSSR count).